The topological polar surface area (TPSA) is 78.4 Å². The molecular weight excluding hydrogens is 486 g/mol. The minimum atomic E-state index is -0.413. The van der Waals surface area contributed by atoms with Crippen LogP contribution in [0.1, 0.15) is 18.4 Å². The average molecular weight is 512 g/mol. The monoisotopic (exact) mass is 511 g/mol. The Kier molecular flexibility index (Phi) is 4.87. The normalized spacial score (nSPS) is 16.0. The summed E-state index contributed by atoms with van der Waals surface area (Å²) < 4.78 is 20.5. The molecule has 7 nitrogen and oxygen atoms in total. The molecule has 0 bridgehead atoms. The highest BCUT2D eigenvalue weighted by molar-refractivity contribution is 7.24. The molecule has 2 N–H and O–H groups in total. The molecule has 2 aliphatic rings. The smallest absolute Gasteiger partial charge is 0.415 e. The highest BCUT2D eigenvalue weighted by Gasteiger charge is 2.54. The number of hydrogen-bond acceptors (Lipinski definition) is 6. The number of carbonyl (C=O) groups excluding carboxylic acids is 1. The third kappa shape index (κ3) is 3.67. The first-order valence-corrected chi connectivity index (χ1v) is 13.0. The van der Waals surface area contributed by atoms with Crippen LogP contribution in [0.25, 0.3) is 26.2 Å². The van der Waals surface area contributed by atoms with Gasteiger partial charge < -0.3 is 24.3 Å². The van der Waals surface area contributed by atoms with Crippen molar-refractivity contribution in [2.45, 2.75) is 25.0 Å². The number of amides is 1. The number of nitrogens with zero attached hydrogens (tertiary/aromatic N) is 2. The number of hydrogen-bond donors (Lipinski definition) is 1. The van der Waals surface area contributed by atoms with Crippen molar-refractivity contribution in [3.8, 4) is 22.6 Å². The maximum absolute atomic E-state index is 12.8. The molecule has 1 saturated carbocycles. The van der Waals surface area contributed by atoms with Gasteiger partial charge in [0.1, 0.15) is 29.5 Å². The first-order valence-electron chi connectivity index (χ1n) is 12.2. The van der Waals surface area contributed by atoms with Crippen LogP contribution in [0.3, 0.4) is 0 Å². The SMILES string of the molecule is COc1ccc2c(c1)N(C1(COc3ccc4c(c3)sc3cc(-c5ccc(N)cc5)cn34)CC1)C(=O)OC2. The molecule has 0 saturated heterocycles. The molecule has 0 atom stereocenters. The minimum absolute atomic E-state index is 0.272. The molecule has 7 rings (SSSR count). The van der Waals surface area contributed by atoms with Gasteiger partial charge in [-0.15, -0.1) is 11.3 Å². The summed E-state index contributed by atoms with van der Waals surface area (Å²) in [6, 6.07) is 22.1. The number of thiazole rings is 1. The lowest BCUT2D eigenvalue weighted by molar-refractivity contribution is 0.133. The fourth-order valence-electron chi connectivity index (χ4n) is 5.07. The third-order valence-corrected chi connectivity index (χ3v) is 8.38. The summed E-state index contributed by atoms with van der Waals surface area (Å²) in [4.78, 5) is 15.8. The Labute approximate surface area is 217 Å². The lowest BCUT2D eigenvalue weighted by atomic mass is 10.1. The standard InChI is InChI=1S/C29H25N3O4S/c1-34-22-7-4-19-16-35-28(33)32(25(19)13-22)29(10-11-29)17-36-23-8-9-24-26(14-23)37-27-12-20(15-31(24)27)18-2-5-21(30)6-3-18/h2-9,12-15H,10-11,16-17,30H2,1H3. The molecule has 2 aromatic heterocycles. The quantitative estimate of drug-likeness (QED) is 0.264. The van der Waals surface area contributed by atoms with E-state index in [2.05, 4.69) is 28.8 Å². The molecule has 3 aromatic carbocycles. The molecule has 1 aliphatic heterocycles. The summed E-state index contributed by atoms with van der Waals surface area (Å²) in [6.45, 7) is 0.671. The summed E-state index contributed by atoms with van der Waals surface area (Å²) in [5.41, 5.74) is 11.4. The van der Waals surface area contributed by atoms with Crippen LogP contribution >= 0.6 is 11.3 Å². The lowest BCUT2D eigenvalue weighted by Gasteiger charge is -2.35. The van der Waals surface area contributed by atoms with Gasteiger partial charge in [-0.05, 0) is 66.9 Å². The first kappa shape index (κ1) is 22.1. The van der Waals surface area contributed by atoms with Gasteiger partial charge in [0.25, 0.3) is 0 Å². The van der Waals surface area contributed by atoms with Gasteiger partial charge in [0.05, 0.1) is 28.6 Å². The summed E-state index contributed by atoms with van der Waals surface area (Å²) in [5.74, 6) is 1.51. The lowest BCUT2D eigenvalue weighted by Crippen LogP contribution is -2.48. The number of cyclic esters (lactones) is 1. The number of methoxy groups -OCH3 is 1. The van der Waals surface area contributed by atoms with Crippen LogP contribution in [0, 0.1) is 0 Å². The third-order valence-electron chi connectivity index (χ3n) is 7.31. The van der Waals surface area contributed by atoms with E-state index in [4.69, 9.17) is 19.9 Å². The van der Waals surface area contributed by atoms with Crippen LogP contribution in [0.4, 0.5) is 16.2 Å². The zero-order chi connectivity index (χ0) is 25.1. The van der Waals surface area contributed by atoms with Crippen molar-refractivity contribution in [1.82, 2.24) is 4.40 Å². The highest BCUT2D eigenvalue weighted by Crippen LogP contribution is 2.48. The summed E-state index contributed by atoms with van der Waals surface area (Å²) in [7, 11) is 1.63. The van der Waals surface area contributed by atoms with E-state index >= 15 is 0 Å². The molecule has 186 valence electrons. The number of anilines is 2. The fraction of sp³-hybridized carbons (Fsp3) is 0.207. The van der Waals surface area contributed by atoms with Crippen molar-refractivity contribution in [2.75, 3.05) is 24.4 Å². The Balaban J connectivity index is 1.14. The van der Waals surface area contributed by atoms with Crippen LogP contribution in [0.15, 0.2) is 72.9 Å². The predicted molar refractivity (Wildman–Crippen MR) is 146 cm³/mol. The van der Waals surface area contributed by atoms with Gasteiger partial charge >= 0.3 is 6.09 Å². The molecule has 1 amide bonds. The molecule has 1 fully saturated rings. The molecule has 0 unspecified atom stereocenters. The van der Waals surface area contributed by atoms with Gasteiger partial charge in [0.15, 0.2) is 0 Å². The molecule has 5 aromatic rings. The van der Waals surface area contributed by atoms with Crippen molar-refractivity contribution in [3.63, 3.8) is 0 Å². The van der Waals surface area contributed by atoms with E-state index in [0.717, 1.165) is 56.9 Å². The van der Waals surface area contributed by atoms with Crippen molar-refractivity contribution in [3.05, 3.63) is 78.5 Å². The fourth-order valence-corrected chi connectivity index (χ4v) is 6.17. The number of fused-ring (bicyclic) bond motifs is 4. The molecule has 0 spiro atoms. The molecule has 0 radical (unpaired) electrons. The number of ether oxygens (including phenoxy) is 3. The van der Waals surface area contributed by atoms with Gasteiger partial charge in [0, 0.05) is 29.1 Å². The Morgan fingerprint density at radius 3 is 2.59 bits per heavy atom. The highest BCUT2D eigenvalue weighted by atomic mass is 32.1. The molecule has 1 aliphatic carbocycles. The van der Waals surface area contributed by atoms with E-state index in [-0.39, 0.29) is 12.7 Å². The number of aromatic nitrogens is 1. The van der Waals surface area contributed by atoms with Crippen LogP contribution in [-0.4, -0.2) is 29.7 Å². The van der Waals surface area contributed by atoms with Gasteiger partial charge in [-0.3, -0.25) is 4.90 Å². The minimum Gasteiger partial charge on any atom is -0.497 e. The van der Waals surface area contributed by atoms with Gasteiger partial charge in [0.2, 0.25) is 0 Å². The van der Waals surface area contributed by atoms with E-state index in [1.165, 1.54) is 4.83 Å². The largest absolute Gasteiger partial charge is 0.497 e. The predicted octanol–water partition coefficient (Wildman–Crippen LogP) is 6.48. The van der Waals surface area contributed by atoms with E-state index in [1.54, 1.807) is 23.3 Å². The summed E-state index contributed by atoms with van der Waals surface area (Å²) in [5, 5.41) is 0. The van der Waals surface area contributed by atoms with Gasteiger partial charge in [-0.2, -0.15) is 0 Å². The summed E-state index contributed by atoms with van der Waals surface area (Å²) in [6.07, 6.45) is 3.55. The molecule has 37 heavy (non-hydrogen) atoms. The number of benzene rings is 3. The Morgan fingerprint density at radius 2 is 1.81 bits per heavy atom. The van der Waals surface area contributed by atoms with E-state index < -0.39 is 5.54 Å². The number of nitrogen functional groups attached to an aromatic ring is 1. The Hall–Kier alpha value is -4.17. The molecular formula is C29H25N3O4S. The first-order chi connectivity index (χ1) is 18.0. The zero-order valence-corrected chi connectivity index (χ0v) is 21.1. The van der Waals surface area contributed by atoms with Crippen molar-refractivity contribution in [1.29, 1.82) is 0 Å². The Morgan fingerprint density at radius 1 is 1.00 bits per heavy atom. The second-order valence-corrected chi connectivity index (χ2v) is 10.8. The number of carbonyl (C=O) groups is 1. The van der Waals surface area contributed by atoms with Crippen LogP contribution in [0.2, 0.25) is 0 Å². The van der Waals surface area contributed by atoms with Crippen LogP contribution < -0.4 is 20.1 Å². The van der Waals surface area contributed by atoms with Gasteiger partial charge in [-0.25, -0.2) is 4.79 Å². The molecule has 8 heteroatoms. The van der Waals surface area contributed by atoms with Crippen molar-refractivity contribution in [2.24, 2.45) is 0 Å². The molecule has 3 heterocycles. The van der Waals surface area contributed by atoms with Crippen LogP contribution in [-0.2, 0) is 11.3 Å². The maximum Gasteiger partial charge on any atom is 0.415 e. The van der Waals surface area contributed by atoms with Crippen molar-refractivity contribution >= 4 is 43.9 Å². The number of rotatable bonds is 6. The zero-order valence-electron chi connectivity index (χ0n) is 20.3. The van der Waals surface area contributed by atoms with Crippen LogP contribution in [0.5, 0.6) is 11.5 Å². The maximum atomic E-state index is 12.8. The summed E-state index contributed by atoms with van der Waals surface area (Å²) >= 11 is 1.73. The second-order valence-electron chi connectivity index (χ2n) is 9.69. The van der Waals surface area contributed by atoms with Crippen molar-refractivity contribution < 1.29 is 19.0 Å². The van der Waals surface area contributed by atoms with Gasteiger partial charge in [-0.1, -0.05) is 12.1 Å². The number of nitrogens with two attached hydrogens (primary N) is 1. The van der Waals surface area contributed by atoms with E-state index in [0.29, 0.717) is 12.4 Å². The van der Waals surface area contributed by atoms with E-state index in [1.807, 2.05) is 48.5 Å². The second kappa shape index (κ2) is 8.18. The van der Waals surface area contributed by atoms with E-state index in [9.17, 15) is 4.79 Å². The average Bonchev–Trinajstić information content (AvgIpc) is 3.45. The Bertz CT molecular complexity index is 1670.